The van der Waals surface area contributed by atoms with Crippen molar-refractivity contribution in [2.45, 2.75) is 18.4 Å². The summed E-state index contributed by atoms with van der Waals surface area (Å²) in [7, 11) is -2.14. The Balaban J connectivity index is 2.76. The molecule has 0 saturated carbocycles. The zero-order chi connectivity index (χ0) is 13.1. The highest BCUT2D eigenvalue weighted by atomic mass is 35.5. The van der Waals surface area contributed by atoms with Gasteiger partial charge in [-0.05, 0) is 12.3 Å². The van der Waals surface area contributed by atoms with Crippen molar-refractivity contribution < 1.29 is 13.5 Å². The van der Waals surface area contributed by atoms with E-state index in [0.717, 1.165) is 0 Å². The van der Waals surface area contributed by atoms with Gasteiger partial charge in [-0.25, -0.2) is 13.1 Å². The zero-order valence-electron chi connectivity index (χ0n) is 9.72. The van der Waals surface area contributed by atoms with Crippen LogP contribution in [0.15, 0.2) is 11.2 Å². The van der Waals surface area contributed by atoms with Crippen molar-refractivity contribution in [1.82, 2.24) is 14.5 Å². The predicted octanol–water partition coefficient (Wildman–Crippen LogP) is 0.370. The second-order valence-corrected chi connectivity index (χ2v) is 5.98. The standard InChI is InChI=1S/C9H16ClN3O3S/c1-7(3-4-14)5-12-17(15,16)9-8(10)6-11-13(9)2/h6-7,12,14H,3-5H2,1-2H3. The third-order valence-electron chi connectivity index (χ3n) is 2.34. The molecule has 0 radical (unpaired) electrons. The fraction of sp³-hybridized carbons (Fsp3) is 0.667. The van der Waals surface area contributed by atoms with Crippen LogP contribution in [-0.4, -0.2) is 36.5 Å². The van der Waals surface area contributed by atoms with Gasteiger partial charge in [0.05, 0.1) is 11.2 Å². The second kappa shape index (κ2) is 5.81. The monoisotopic (exact) mass is 281 g/mol. The van der Waals surface area contributed by atoms with Gasteiger partial charge in [-0.3, -0.25) is 4.68 Å². The molecule has 1 aromatic heterocycles. The Morgan fingerprint density at radius 2 is 2.29 bits per heavy atom. The summed E-state index contributed by atoms with van der Waals surface area (Å²) in [5.74, 6) is 0.0572. The van der Waals surface area contributed by atoms with Gasteiger partial charge in [0.2, 0.25) is 0 Å². The van der Waals surface area contributed by atoms with Crippen LogP contribution in [0, 0.1) is 5.92 Å². The Morgan fingerprint density at radius 1 is 1.65 bits per heavy atom. The Labute approximate surface area is 106 Å². The lowest BCUT2D eigenvalue weighted by molar-refractivity contribution is 0.263. The topological polar surface area (TPSA) is 84.2 Å². The zero-order valence-corrected chi connectivity index (χ0v) is 11.3. The number of aryl methyl sites for hydroxylation is 1. The van der Waals surface area contributed by atoms with Gasteiger partial charge in [-0.15, -0.1) is 0 Å². The quantitative estimate of drug-likeness (QED) is 0.789. The molecule has 0 amide bonds. The van der Waals surface area contributed by atoms with Crippen molar-refractivity contribution in [2.75, 3.05) is 13.2 Å². The fourth-order valence-electron chi connectivity index (χ4n) is 1.34. The predicted molar refractivity (Wildman–Crippen MR) is 64.3 cm³/mol. The molecule has 1 heterocycles. The Hall–Kier alpha value is -0.630. The highest BCUT2D eigenvalue weighted by molar-refractivity contribution is 7.89. The Morgan fingerprint density at radius 3 is 2.76 bits per heavy atom. The van der Waals surface area contributed by atoms with E-state index < -0.39 is 10.0 Å². The summed E-state index contributed by atoms with van der Waals surface area (Å²) in [5.41, 5.74) is 0. The summed E-state index contributed by atoms with van der Waals surface area (Å²) in [6.07, 6.45) is 1.83. The average molecular weight is 282 g/mol. The molecule has 0 aromatic carbocycles. The molecule has 1 aromatic rings. The number of hydrogen-bond donors (Lipinski definition) is 2. The normalized spacial score (nSPS) is 13.9. The maximum Gasteiger partial charge on any atom is 0.259 e. The van der Waals surface area contributed by atoms with E-state index in [1.165, 1.54) is 17.9 Å². The minimum atomic E-state index is -3.65. The van der Waals surface area contributed by atoms with Crippen molar-refractivity contribution in [2.24, 2.45) is 13.0 Å². The molecule has 0 saturated heterocycles. The van der Waals surface area contributed by atoms with E-state index in [-0.39, 0.29) is 29.1 Å². The highest BCUT2D eigenvalue weighted by Gasteiger charge is 2.22. The molecule has 1 rings (SSSR count). The number of nitrogens with one attached hydrogen (secondary N) is 1. The van der Waals surface area contributed by atoms with Crippen LogP contribution in [-0.2, 0) is 17.1 Å². The van der Waals surface area contributed by atoms with E-state index in [4.69, 9.17) is 16.7 Å². The lowest BCUT2D eigenvalue weighted by Crippen LogP contribution is -2.30. The molecular weight excluding hydrogens is 266 g/mol. The first-order chi connectivity index (χ1) is 7.88. The number of rotatable bonds is 6. The minimum Gasteiger partial charge on any atom is -0.396 e. The molecule has 0 spiro atoms. The number of aromatic nitrogens is 2. The summed E-state index contributed by atoms with van der Waals surface area (Å²) in [6.45, 7) is 2.14. The van der Waals surface area contributed by atoms with Crippen LogP contribution in [0.4, 0.5) is 0 Å². The molecular formula is C9H16ClN3O3S. The van der Waals surface area contributed by atoms with E-state index in [0.29, 0.717) is 6.42 Å². The minimum absolute atomic E-state index is 0.0371. The number of nitrogens with zero attached hydrogens (tertiary/aromatic N) is 2. The summed E-state index contributed by atoms with van der Waals surface area (Å²) >= 11 is 5.76. The Bertz CT molecular complexity index is 452. The van der Waals surface area contributed by atoms with Gasteiger partial charge in [0.15, 0.2) is 5.03 Å². The number of halogens is 1. The lowest BCUT2D eigenvalue weighted by Gasteiger charge is -2.11. The molecule has 1 unspecified atom stereocenters. The van der Waals surface area contributed by atoms with Crippen LogP contribution in [0.2, 0.25) is 5.02 Å². The third-order valence-corrected chi connectivity index (χ3v) is 4.27. The molecule has 0 bridgehead atoms. The fourth-order valence-corrected chi connectivity index (χ4v) is 3.16. The number of hydrogen-bond acceptors (Lipinski definition) is 4. The molecule has 8 heteroatoms. The molecule has 1 atom stereocenters. The van der Waals surface area contributed by atoms with Crippen molar-refractivity contribution in [3.05, 3.63) is 11.2 Å². The van der Waals surface area contributed by atoms with Crippen molar-refractivity contribution in [3.8, 4) is 0 Å². The molecule has 0 aliphatic rings. The first-order valence-electron chi connectivity index (χ1n) is 5.16. The molecule has 0 aliphatic carbocycles. The van der Waals surface area contributed by atoms with E-state index in [9.17, 15) is 8.42 Å². The second-order valence-electron chi connectivity index (χ2n) is 3.89. The first-order valence-corrected chi connectivity index (χ1v) is 7.02. The molecule has 0 fully saturated rings. The van der Waals surface area contributed by atoms with Crippen LogP contribution in [0.3, 0.4) is 0 Å². The maximum absolute atomic E-state index is 11.9. The SMILES string of the molecule is CC(CCO)CNS(=O)(=O)c1c(Cl)cnn1C. The van der Waals surface area contributed by atoms with Gasteiger partial charge in [-0.2, -0.15) is 5.10 Å². The maximum atomic E-state index is 11.9. The van der Waals surface area contributed by atoms with E-state index >= 15 is 0 Å². The van der Waals surface area contributed by atoms with Crippen LogP contribution in [0.1, 0.15) is 13.3 Å². The number of aliphatic hydroxyl groups is 1. The smallest absolute Gasteiger partial charge is 0.259 e. The van der Waals surface area contributed by atoms with Gasteiger partial charge >= 0.3 is 0 Å². The summed E-state index contributed by atoms with van der Waals surface area (Å²) < 4.78 is 27.5. The average Bonchev–Trinajstić information content (AvgIpc) is 2.57. The van der Waals surface area contributed by atoms with Gasteiger partial charge < -0.3 is 5.11 Å². The molecule has 2 N–H and O–H groups in total. The van der Waals surface area contributed by atoms with Crippen molar-refractivity contribution >= 4 is 21.6 Å². The van der Waals surface area contributed by atoms with Crippen LogP contribution in [0.25, 0.3) is 0 Å². The van der Waals surface area contributed by atoms with E-state index in [1.54, 1.807) is 0 Å². The van der Waals surface area contributed by atoms with Crippen LogP contribution in [0.5, 0.6) is 0 Å². The highest BCUT2D eigenvalue weighted by Crippen LogP contribution is 2.19. The molecule has 0 aliphatic heterocycles. The number of sulfonamides is 1. The van der Waals surface area contributed by atoms with Gasteiger partial charge in [0, 0.05) is 20.2 Å². The summed E-state index contributed by atoms with van der Waals surface area (Å²) in [4.78, 5) is 0. The van der Waals surface area contributed by atoms with Crippen LogP contribution < -0.4 is 4.72 Å². The van der Waals surface area contributed by atoms with Crippen molar-refractivity contribution in [3.63, 3.8) is 0 Å². The third kappa shape index (κ3) is 3.67. The molecule has 98 valence electrons. The Kier molecular flexibility index (Phi) is 4.93. The number of aliphatic hydroxyl groups excluding tert-OH is 1. The van der Waals surface area contributed by atoms with E-state index in [2.05, 4.69) is 9.82 Å². The van der Waals surface area contributed by atoms with Gasteiger partial charge in [0.25, 0.3) is 10.0 Å². The van der Waals surface area contributed by atoms with E-state index in [1.807, 2.05) is 6.92 Å². The van der Waals surface area contributed by atoms with Crippen molar-refractivity contribution in [1.29, 1.82) is 0 Å². The lowest BCUT2D eigenvalue weighted by atomic mass is 10.1. The molecule has 6 nitrogen and oxygen atoms in total. The first kappa shape index (κ1) is 14.4. The summed E-state index contributed by atoms with van der Waals surface area (Å²) in [6, 6.07) is 0. The molecule has 17 heavy (non-hydrogen) atoms. The van der Waals surface area contributed by atoms with Gasteiger partial charge in [-0.1, -0.05) is 18.5 Å². The van der Waals surface area contributed by atoms with Gasteiger partial charge in [0.1, 0.15) is 0 Å². The largest absolute Gasteiger partial charge is 0.396 e. The van der Waals surface area contributed by atoms with Crippen LogP contribution >= 0.6 is 11.6 Å². The summed E-state index contributed by atoms with van der Waals surface area (Å²) in [5, 5.41) is 12.5.